The third-order valence-electron chi connectivity index (χ3n) is 4.28. The van der Waals surface area contributed by atoms with Crippen molar-refractivity contribution in [3.8, 4) is 5.69 Å². The van der Waals surface area contributed by atoms with E-state index in [0.717, 1.165) is 5.69 Å². The number of carbonyl (C=O) groups excluding carboxylic acids is 1. The van der Waals surface area contributed by atoms with Crippen LogP contribution in [0.15, 0.2) is 48.7 Å². The highest BCUT2D eigenvalue weighted by atomic mass is 35.5. The first-order valence-corrected chi connectivity index (χ1v) is 8.79. The van der Waals surface area contributed by atoms with E-state index in [0.29, 0.717) is 23.0 Å². The van der Waals surface area contributed by atoms with Crippen LogP contribution in [0.3, 0.4) is 0 Å². The number of halogens is 1. The van der Waals surface area contributed by atoms with Crippen LogP contribution in [0.25, 0.3) is 5.69 Å². The van der Waals surface area contributed by atoms with E-state index >= 15 is 0 Å². The van der Waals surface area contributed by atoms with E-state index in [2.05, 4.69) is 15.1 Å². The number of hydrogen-bond donors (Lipinski definition) is 0. The van der Waals surface area contributed by atoms with Gasteiger partial charge in [0, 0.05) is 19.7 Å². The average Bonchev–Trinajstić information content (AvgIpc) is 3.11. The van der Waals surface area contributed by atoms with Gasteiger partial charge in [0.05, 0.1) is 22.4 Å². The van der Waals surface area contributed by atoms with E-state index < -0.39 is 0 Å². The van der Waals surface area contributed by atoms with E-state index in [9.17, 15) is 4.79 Å². The van der Waals surface area contributed by atoms with Crippen molar-refractivity contribution in [3.63, 3.8) is 0 Å². The third-order valence-corrected chi connectivity index (χ3v) is 4.60. The zero-order valence-electron chi connectivity index (χ0n) is 14.9. The van der Waals surface area contributed by atoms with Gasteiger partial charge in [-0.05, 0) is 31.2 Å². The van der Waals surface area contributed by atoms with Crippen LogP contribution >= 0.6 is 11.6 Å². The standard InChI is InChI=1S/C19H20ClN5O/c1-4-17-22-18(23-25(17)16-11-6-5-9-14(16)20)19(26)24(3)13(2)15-10-7-8-12-21-15/h5-13H,4H2,1-3H3. The lowest BCUT2D eigenvalue weighted by molar-refractivity contribution is 0.0727. The molecule has 2 heterocycles. The number of benzene rings is 1. The first-order chi connectivity index (χ1) is 12.5. The first kappa shape index (κ1) is 18.1. The molecule has 0 aliphatic rings. The van der Waals surface area contributed by atoms with Crippen LogP contribution in [-0.4, -0.2) is 37.6 Å². The van der Waals surface area contributed by atoms with Crippen LogP contribution < -0.4 is 0 Å². The van der Waals surface area contributed by atoms with Crippen LogP contribution in [0.5, 0.6) is 0 Å². The summed E-state index contributed by atoms with van der Waals surface area (Å²) in [4.78, 5) is 23.2. The van der Waals surface area contributed by atoms with Crippen LogP contribution in [0.2, 0.25) is 5.02 Å². The van der Waals surface area contributed by atoms with Crippen molar-refractivity contribution in [1.82, 2.24) is 24.6 Å². The highest BCUT2D eigenvalue weighted by Crippen LogP contribution is 2.22. The van der Waals surface area contributed by atoms with Gasteiger partial charge in [-0.1, -0.05) is 36.7 Å². The molecule has 0 aliphatic heterocycles. The SMILES string of the molecule is CCc1nc(C(=O)N(C)C(C)c2ccccn2)nn1-c1ccccc1Cl. The summed E-state index contributed by atoms with van der Waals surface area (Å²) in [6, 6.07) is 12.8. The summed E-state index contributed by atoms with van der Waals surface area (Å²) in [6.07, 6.45) is 2.34. The Bertz CT molecular complexity index is 909. The maximum Gasteiger partial charge on any atom is 0.293 e. The molecule has 1 amide bonds. The highest BCUT2D eigenvalue weighted by Gasteiger charge is 2.25. The lowest BCUT2D eigenvalue weighted by atomic mass is 10.2. The summed E-state index contributed by atoms with van der Waals surface area (Å²) in [5, 5.41) is 4.98. The minimum absolute atomic E-state index is 0.145. The quantitative estimate of drug-likeness (QED) is 0.687. The fourth-order valence-electron chi connectivity index (χ4n) is 2.64. The van der Waals surface area contributed by atoms with Gasteiger partial charge in [-0.3, -0.25) is 9.78 Å². The predicted molar refractivity (Wildman–Crippen MR) is 100 cm³/mol. The number of pyridine rings is 1. The predicted octanol–water partition coefficient (Wildman–Crippen LogP) is 3.71. The van der Waals surface area contributed by atoms with E-state index in [-0.39, 0.29) is 17.8 Å². The zero-order chi connectivity index (χ0) is 18.7. The molecule has 3 aromatic rings. The fraction of sp³-hybridized carbons (Fsp3) is 0.263. The lowest BCUT2D eigenvalue weighted by Gasteiger charge is -2.23. The Hall–Kier alpha value is -2.73. The number of nitrogens with zero attached hydrogens (tertiary/aromatic N) is 5. The Morgan fingerprint density at radius 3 is 2.62 bits per heavy atom. The minimum atomic E-state index is -0.261. The van der Waals surface area contributed by atoms with Gasteiger partial charge < -0.3 is 4.90 Å². The van der Waals surface area contributed by atoms with Crippen molar-refractivity contribution >= 4 is 17.5 Å². The number of aryl methyl sites for hydroxylation is 1. The van der Waals surface area contributed by atoms with Gasteiger partial charge in [0.1, 0.15) is 5.82 Å². The van der Waals surface area contributed by atoms with Gasteiger partial charge in [-0.15, -0.1) is 5.10 Å². The Balaban J connectivity index is 1.92. The number of hydrogen-bond acceptors (Lipinski definition) is 4. The molecule has 3 rings (SSSR count). The molecule has 26 heavy (non-hydrogen) atoms. The van der Waals surface area contributed by atoms with Crippen LogP contribution in [0.1, 0.15) is 42.0 Å². The van der Waals surface area contributed by atoms with Crippen molar-refractivity contribution in [2.24, 2.45) is 0 Å². The van der Waals surface area contributed by atoms with Crippen molar-refractivity contribution in [3.05, 3.63) is 71.0 Å². The first-order valence-electron chi connectivity index (χ1n) is 8.41. The van der Waals surface area contributed by atoms with Crippen molar-refractivity contribution in [1.29, 1.82) is 0 Å². The van der Waals surface area contributed by atoms with Crippen molar-refractivity contribution < 1.29 is 4.79 Å². The molecule has 6 nitrogen and oxygen atoms in total. The molecular formula is C19H20ClN5O. The molecule has 2 aromatic heterocycles. The van der Waals surface area contributed by atoms with E-state index in [1.54, 1.807) is 28.9 Å². The summed E-state index contributed by atoms with van der Waals surface area (Å²) in [5.74, 6) is 0.566. The fourth-order valence-corrected chi connectivity index (χ4v) is 2.85. The summed E-state index contributed by atoms with van der Waals surface area (Å²) >= 11 is 6.28. The summed E-state index contributed by atoms with van der Waals surface area (Å²) in [7, 11) is 1.73. The Kier molecular flexibility index (Phi) is 5.32. The van der Waals surface area contributed by atoms with E-state index in [4.69, 9.17) is 11.6 Å². The molecule has 0 fully saturated rings. The second kappa shape index (κ2) is 7.66. The molecule has 0 saturated heterocycles. The zero-order valence-corrected chi connectivity index (χ0v) is 15.7. The van der Waals surface area contributed by atoms with Crippen LogP contribution in [0, 0.1) is 0 Å². The molecule has 0 radical (unpaired) electrons. The van der Waals surface area contributed by atoms with Gasteiger partial charge in [0.2, 0.25) is 5.82 Å². The molecular weight excluding hydrogens is 350 g/mol. The average molecular weight is 370 g/mol. The Morgan fingerprint density at radius 1 is 1.23 bits per heavy atom. The number of rotatable bonds is 5. The van der Waals surface area contributed by atoms with Gasteiger partial charge in [0.15, 0.2) is 0 Å². The molecule has 0 spiro atoms. The van der Waals surface area contributed by atoms with Gasteiger partial charge in [-0.25, -0.2) is 9.67 Å². The molecule has 1 aromatic carbocycles. The monoisotopic (exact) mass is 369 g/mol. The smallest absolute Gasteiger partial charge is 0.293 e. The summed E-state index contributed by atoms with van der Waals surface area (Å²) in [6.45, 7) is 3.89. The van der Waals surface area contributed by atoms with Gasteiger partial charge >= 0.3 is 0 Å². The second-order valence-electron chi connectivity index (χ2n) is 5.92. The Labute approximate surface area is 157 Å². The van der Waals surface area contributed by atoms with Crippen LogP contribution in [0.4, 0.5) is 0 Å². The number of para-hydroxylation sites is 1. The molecule has 1 atom stereocenters. The van der Waals surface area contributed by atoms with Gasteiger partial charge in [-0.2, -0.15) is 0 Å². The maximum absolute atomic E-state index is 12.9. The summed E-state index contributed by atoms with van der Waals surface area (Å²) in [5.41, 5.74) is 1.52. The van der Waals surface area contributed by atoms with Gasteiger partial charge in [0.25, 0.3) is 5.91 Å². The minimum Gasteiger partial charge on any atom is -0.331 e. The molecule has 134 valence electrons. The van der Waals surface area contributed by atoms with Crippen molar-refractivity contribution in [2.45, 2.75) is 26.3 Å². The van der Waals surface area contributed by atoms with E-state index in [1.165, 1.54) is 0 Å². The molecule has 0 bridgehead atoms. The normalized spacial score (nSPS) is 12.0. The molecule has 7 heteroatoms. The van der Waals surface area contributed by atoms with E-state index in [1.807, 2.05) is 50.2 Å². The number of carbonyl (C=O) groups is 1. The molecule has 0 saturated carbocycles. The third kappa shape index (κ3) is 3.46. The lowest BCUT2D eigenvalue weighted by Crippen LogP contribution is -2.31. The number of amides is 1. The van der Waals surface area contributed by atoms with Crippen LogP contribution in [-0.2, 0) is 6.42 Å². The van der Waals surface area contributed by atoms with Crippen molar-refractivity contribution in [2.75, 3.05) is 7.05 Å². The largest absolute Gasteiger partial charge is 0.331 e. The molecule has 0 N–H and O–H groups in total. The Morgan fingerprint density at radius 2 is 1.96 bits per heavy atom. The highest BCUT2D eigenvalue weighted by molar-refractivity contribution is 6.32. The summed E-state index contributed by atoms with van der Waals surface area (Å²) < 4.78 is 1.63. The molecule has 1 unspecified atom stereocenters. The second-order valence-corrected chi connectivity index (χ2v) is 6.32. The topological polar surface area (TPSA) is 63.9 Å². The number of aromatic nitrogens is 4. The maximum atomic E-state index is 12.9. The molecule has 0 aliphatic carbocycles.